The summed E-state index contributed by atoms with van der Waals surface area (Å²) in [4.78, 5) is 12.2. The van der Waals surface area contributed by atoms with Crippen molar-refractivity contribution in [3.05, 3.63) is 69.4 Å². The third-order valence-corrected chi connectivity index (χ3v) is 4.11. The first-order valence-corrected chi connectivity index (χ1v) is 7.28. The van der Waals surface area contributed by atoms with Crippen molar-refractivity contribution in [3.63, 3.8) is 0 Å². The number of hydrogen-bond acceptors (Lipinski definition) is 1. The average Bonchev–Trinajstić information content (AvgIpc) is 2.82. The lowest BCUT2D eigenvalue weighted by molar-refractivity contribution is 0.0932. The number of carbonyl (C=O) groups excluding carboxylic acids is 1. The summed E-state index contributed by atoms with van der Waals surface area (Å²) in [5, 5.41) is 2.92. The molecule has 2 nitrogen and oxygen atoms in total. The van der Waals surface area contributed by atoms with Gasteiger partial charge < -0.3 is 5.32 Å². The van der Waals surface area contributed by atoms with Crippen LogP contribution in [-0.2, 0) is 6.42 Å². The molecule has 0 spiro atoms. The highest BCUT2D eigenvalue weighted by Gasteiger charge is 2.24. The Kier molecular flexibility index (Phi) is 3.57. The summed E-state index contributed by atoms with van der Waals surface area (Å²) < 4.78 is 14.4. The molecule has 1 N–H and O–H groups in total. The topological polar surface area (TPSA) is 29.1 Å². The summed E-state index contributed by atoms with van der Waals surface area (Å²) in [6, 6.07) is 12.5. The number of nitrogens with one attached hydrogen (secondary N) is 1. The predicted molar refractivity (Wildman–Crippen MR) is 79.1 cm³/mol. The van der Waals surface area contributed by atoms with Gasteiger partial charge in [-0.2, -0.15) is 0 Å². The fraction of sp³-hybridized carbons (Fsp3) is 0.188. The highest BCUT2D eigenvalue weighted by atomic mass is 79.9. The van der Waals surface area contributed by atoms with E-state index >= 15 is 0 Å². The Bertz CT molecular complexity index is 671. The molecule has 0 aliphatic heterocycles. The summed E-state index contributed by atoms with van der Waals surface area (Å²) in [7, 11) is 0. The van der Waals surface area contributed by atoms with Gasteiger partial charge in [0, 0.05) is 4.47 Å². The van der Waals surface area contributed by atoms with Crippen LogP contribution in [0.5, 0.6) is 0 Å². The van der Waals surface area contributed by atoms with E-state index in [1.165, 1.54) is 17.7 Å². The standard InChI is InChI=1S/C16H13BrFNO/c17-11-6-7-13(14(18)9-11)16(20)19-15-8-5-10-3-1-2-4-12(10)15/h1-4,6-7,9,15H,5,8H2,(H,19,20). The first kappa shape index (κ1) is 13.3. The maximum atomic E-state index is 13.8. The zero-order valence-electron chi connectivity index (χ0n) is 10.7. The number of aryl methyl sites for hydroxylation is 1. The molecule has 0 aromatic heterocycles. The first-order chi connectivity index (χ1) is 9.65. The molecule has 102 valence electrons. The van der Waals surface area contributed by atoms with E-state index in [0.717, 1.165) is 18.4 Å². The Labute approximate surface area is 125 Å². The molecule has 2 aromatic rings. The molecule has 0 bridgehead atoms. The molecule has 4 heteroatoms. The number of hydrogen-bond donors (Lipinski definition) is 1. The van der Waals surface area contributed by atoms with Gasteiger partial charge in [-0.3, -0.25) is 4.79 Å². The van der Waals surface area contributed by atoms with Gasteiger partial charge in [0.05, 0.1) is 11.6 Å². The van der Waals surface area contributed by atoms with Crippen molar-refractivity contribution in [2.75, 3.05) is 0 Å². The van der Waals surface area contributed by atoms with Gasteiger partial charge in [0.15, 0.2) is 0 Å². The molecule has 1 unspecified atom stereocenters. The van der Waals surface area contributed by atoms with Gasteiger partial charge in [-0.1, -0.05) is 40.2 Å². The Morgan fingerprint density at radius 3 is 2.85 bits per heavy atom. The molecular weight excluding hydrogens is 321 g/mol. The summed E-state index contributed by atoms with van der Waals surface area (Å²) in [5.41, 5.74) is 2.48. The van der Waals surface area contributed by atoms with Crippen molar-refractivity contribution in [3.8, 4) is 0 Å². The number of halogens is 2. The van der Waals surface area contributed by atoms with Gasteiger partial charge in [0.1, 0.15) is 5.82 Å². The highest BCUT2D eigenvalue weighted by molar-refractivity contribution is 9.10. The van der Waals surface area contributed by atoms with Crippen LogP contribution in [0.3, 0.4) is 0 Å². The molecule has 2 aromatic carbocycles. The van der Waals surface area contributed by atoms with E-state index in [1.54, 1.807) is 6.07 Å². The Morgan fingerprint density at radius 1 is 1.25 bits per heavy atom. The molecule has 1 atom stereocenters. The van der Waals surface area contributed by atoms with Crippen molar-refractivity contribution in [2.24, 2.45) is 0 Å². The lowest BCUT2D eigenvalue weighted by Crippen LogP contribution is -2.27. The van der Waals surface area contributed by atoms with E-state index in [2.05, 4.69) is 27.3 Å². The summed E-state index contributed by atoms with van der Waals surface area (Å²) in [6.45, 7) is 0. The molecule has 1 amide bonds. The zero-order chi connectivity index (χ0) is 14.1. The van der Waals surface area contributed by atoms with Crippen LogP contribution in [0, 0.1) is 5.82 Å². The number of carbonyl (C=O) groups is 1. The van der Waals surface area contributed by atoms with Crippen molar-refractivity contribution in [1.29, 1.82) is 0 Å². The molecule has 0 heterocycles. The summed E-state index contributed by atoms with van der Waals surface area (Å²) >= 11 is 3.18. The van der Waals surface area contributed by atoms with Crippen LogP contribution in [0.25, 0.3) is 0 Å². The largest absolute Gasteiger partial charge is 0.345 e. The van der Waals surface area contributed by atoms with Crippen LogP contribution in [0.15, 0.2) is 46.9 Å². The van der Waals surface area contributed by atoms with E-state index in [1.807, 2.05) is 18.2 Å². The molecule has 3 rings (SSSR count). The van der Waals surface area contributed by atoms with Crippen molar-refractivity contribution in [2.45, 2.75) is 18.9 Å². The zero-order valence-corrected chi connectivity index (χ0v) is 12.3. The van der Waals surface area contributed by atoms with Crippen molar-refractivity contribution >= 4 is 21.8 Å². The summed E-state index contributed by atoms with van der Waals surface area (Å²) in [6.07, 6.45) is 1.81. The molecule has 0 saturated carbocycles. The number of fused-ring (bicyclic) bond motifs is 1. The second-order valence-corrected chi connectivity index (χ2v) is 5.80. The van der Waals surface area contributed by atoms with Gasteiger partial charge in [0.25, 0.3) is 5.91 Å². The van der Waals surface area contributed by atoms with Gasteiger partial charge in [-0.25, -0.2) is 4.39 Å². The van der Waals surface area contributed by atoms with E-state index in [0.29, 0.717) is 4.47 Å². The number of amides is 1. The molecular formula is C16H13BrFNO. The van der Waals surface area contributed by atoms with E-state index < -0.39 is 5.82 Å². The Hall–Kier alpha value is -1.68. The minimum absolute atomic E-state index is 0.0262. The third kappa shape index (κ3) is 2.48. The maximum absolute atomic E-state index is 13.8. The van der Waals surface area contributed by atoms with Crippen LogP contribution >= 0.6 is 15.9 Å². The first-order valence-electron chi connectivity index (χ1n) is 6.49. The SMILES string of the molecule is O=C(NC1CCc2ccccc21)c1ccc(Br)cc1F. The van der Waals surface area contributed by atoms with E-state index in [4.69, 9.17) is 0 Å². The fourth-order valence-electron chi connectivity index (χ4n) is 2.62. The van der Waals surface area contributed by atoms with Gasteiger partial charge >= 0.3 is 0 Å². The molecule has 0 saturated heterocycles. The van der Waals surface area contributed by atoms with Crippen LogP contribution in [0.2, 0.25) is 0 Å². The lowest BCUT2D eigenvalue weighted by atomic mass is 10.1. The van der Waals surface area contributed by atoms with Crippen LogP contribution in [0.1, 0.15) is 33.9 Å². The van der Waals surface area contributed by atoms with Crippen LogP contribution in [-0.4, -0.2) is 5.91 Å². The number of benzene rings is 2. The second kappa shape index (κ2) is 5.37. The second-order valence-electron chi connectivity index (χ2n) is 4.89. The maximum Gasteiger partial charge on any atom is 0.254 e. The highest BCUT2D eigenvalue weighted by Crippen LogP contribution is 2.31. The molecule has 0 radical (unpaired) electrons. The van der Waals surface area contributed by atoms with E-state index in [9.17, 15) is 9.18 Å². The fourth-order valence-corrected chi connectivity index (χ4v) is 2.95. The quantitative estimate of drug-likeness (QED) is 0.884. The third-order valence-electron chi connectivity index (χ3n) is 3.61. The van der Waals surface area contributed by atoms with E-state index in [-0.39, 0.29) is 17.5 Å². The molecule has 0 fully saturated rings. The minimum Gasteiger partial charge on any atom is -0.345 e. The molecule has 1 aliphatic carbocycles. The van der Waals surface area contributed by atoms with Crippen molar-refractivity contribution < 1.29 is 9.18 Å². The Morgan fingerprint density at radius 2 is 2.05 bits per heavy atom. The normalized spacial score (nSPS) is 16.8. The van der Waals surface area contributed by atoms with Gasteiger partial charge in [0.2, 0.25) is 0 Å². The van der Waals surface area contributed by atoms with Gasteiger partial charge in [-0.05, 0) is 42.2 Å². The lowest BCUT2D eigenvalue weighted by Gasteiger charge is -2.14. The predicted octanol–water partition coefficient (Wildman–Crippen LogP) is 4.01. The molecule has 1 aliphatic rings. The minimum atomic E-state index is -0.511. The summed E-state index contributed by atoms with van der Waals surface area (Å²) in [5.74, 6) is -0.875. The van der Waals surface area contributed by atoms with Crippen LogP contribution in [0.4, 0.5) is 4.39 Å². The van der Waals surface area contributed by atoms with Gasteiger partial charge in [-0.15, -0.1) is 0 Å². The van der Waals surface area contributed by atoms with Crippen molar-refractivity contribution in [1.82, 2.24) is 5.32 Å². The van der Waals surface area contributed by atoms with Crippen LogP contribution < -0.4 is 5.32 Å². The molecule has 20 heavy (non-hydrogen) atoms. The Balaban J connectivity index is 1.81. The smallest absolute Gasteiger partial charge is 0.254 e. The monoisotopic (exact) mass is 333 g/mol. The number of rotatable bonds is 2. The average molecular weight is 334 g/mol.